The minimum atomic E-state index is -0.108. The first-order valence-electron chi connectivity index (χ1n) is 4.29. The largest absolute Gasteiger partial charge is 0.0892 e. The normalized spacial score (nSPS) is 12.8. The van der Waals surface area contributed by atoms with Gasteiger partial charge in [-0.1, -0.05) is 64.1 Å². The van der Waals surface area contributed by atoms with Crippen molar-refractivity contribution in [2.24, 2.45) is 10.8 Å². The average Bonchev–Trinajstić information content (AvgIpc) is 1.83. The lowest BCUT2D eigenvalue weighted by molar-refractivity contribution is 0.286. The zero-order valence-corrected chi connectivity index (χ0v) is 10.4. The van der Waals surface area contributed by atoms with E-state index in [0.29, 0.717) is 10.1 Å². The molecule has 0 aromatic carbocycles. The fraction of sp³-hybridized carbons (Fsp3) is 0.636. The molecule has 0 atom stereocenters. The summed E-state index contributed by atoms with van der Waals surface area (Å²) in [6.07, 6.45) is 0.852. The lowest BCUT2D eigenvalue weighted by Crippen LogP contribution is -2.23. The van der Waals surface area contributed by atoms with Gasteiger partial charge >= 0.3 is 0 Å². The van der Waals surface area contributed by atoms with Crippen LogP contribution in [0.25, 0.3) is 0 Å². The van der Waals surface area contributed by atoms with E-state index < -0.39 is 0 Å². The third-order valence-electron chi connectivity index (χ3n) is 2.35. The monoisotopic (exact) mass is 220 g/mol. The Kier molecular flexibility index (Phi) is 4.08. The molecule has 0 bridgehead atoms. The second-order valence-corrected chi connectivity index (χ2v) is 5.67. The molecule has 0 aliphatic heterocycles. The molecule has 0 aromatic heterocycles. The van der Waals surface area contributed by atoms with Crippen molar-refractivity contribution in [1.29, 1.82) is 0 Å². The smallest absolute Gasteiger partial charge is 0.0165 e. The maximum Gasteiger partial charge on any atom is 0.0165 e. The minimum Gasteiger partial charge on any atom is -0.0892 e. The Labute approximate surface area is 91.6 Å². The van der Waals surface area contributed by atoms with Gasteiger partial charge in [0.1, 0.15) is 0 Å². The molecule has 0 heterocycles. The van der Waals surface area contributed by atoms with Crippen molar-refractivity contribution in [3.8, 4) is 0 Å². The average molecular weight is 221 g/mol. The van der Waals surface area contributed by atoms with Crippen LogP contribution in [0.1, 0.15) is 34.1 Å². The predicted octanol–water partition coefficient (Wildman–Crippen LogP) is 4.93. The molecule has 0 saturated heterocycles. The van der Waals surface area contributed by atoms with Crippen LogP contribution >= 0.6 is 23.2 Å². The van der Waals surface area contributed by atoms with E-state index in [2.05, 4.69) is 40.9 Å². The Morgan fingerprint density at radius 3 is 1.31 bits per heavy atom. The summed E-state index contributed by atoms with van der Waals surface area (Å²) in [5, 5.41) is 1.33. The van der Waals surface area contributed by atoms with Crippen LogP contribution in [0.5, 0.6) is 0 Å². The van der Waals surface area contributed by atoms with Crippen LogP contribution in [0.3, 0.4) is 0 Å². The number of allylic oxidation sites excluding steroid dienone is 2. The van der Waals surface area contributed by atoms with E-state index in [1.807, 2.05) is 0 Å². The van der Waals surface area contributed by atoms with E-state index in [1.54, 1.807) is 0 Å². The summed E-state index contributed by atoms with van der Waals surface area (Å²) in [6.45, 7) is 15.8. The molecule has 0 spiro atoms. The molecule has 0 rings (SSSR count). The standard InChI is InChI=1S/C11H18Cl2/c1-8(12)10(3,4)7-11(5,6)9(2)13/h1-2,7H2,3-6H3. The summed E-state index contributed by atoms with van der Waals surface area (Å²) in [7, 11) is 0. The number of hydrogen-bond acceptors (Lipinski definition) is 0. The second-order valence-electron chi connectivity index (χ2n) is 4.75. The first kappa shape index (κ1) is 13.1. The Morgan fingerprint density at radius 2 is 1.15 bits per heavy atom. The van der Waals surface area contributed by atoms with Crippen molar-refractivity contribution < 1.29 is 0 Å². The van der Waals surface area contributed by atoms with Gasteiger partial charge in [0.2, 0.25) is 0 Å². The third kappa shape index (κ3) is 3.74. The second kappa shape index (κ2) is 4.06. The lowest BCUT2D eigenvalue weighted by Gasteiger charge is -2.34. The van der Waals surface area contributed by atoms with Crippen LogP contribution in [-0.2, 0) is 0 Å². The molecule has 0 amide bonds. The molecular formula is C11H18Cl2. The molecule has 0 aliphatic carbocycles. The van der Waals surface area contributed by atoms with Gasteiger partial charge in [-0.3, -0.25) is 0 Å². The van der Waals surface area contributed by atoms with Crippen LogP contribution in [-0.4, -0.2) is 0 Å². The molecule has 0 unspecified atom stereocenters. The molecule has 76 valence electrons. The summed E-state index contributed by atoms with van der Waals surface area (Å²) in [6, 6.07) is 0. The maximum absolute atomic E-state index is 5.91. The zero-order chi connectivity index (χ0) is 10.9. The van der Waals surface area contributed by atoms with Crippen molar-refractivity contribution in [3.63, 3.8) is 0 Å². The van der Waals surface area contributed by atoms with E-state index in [-0.39, 0.29) is 10.8 Å². The van der Waals surface area contributed by atoms with E-state index >= 15 is 0 Å². The Morgan fingerprint density at radius 1 is 0.923 bits per heavy atom. The molecule has 0 radical (unpaired) electrons. The minimum absolute atomic E-state index is 0.108. The van der Waals surface area contributed by atoms with Gasteiger partial charge in [-0.05, 0) is 6.42 Å². The maximum atomic E-state index is 5.91. The van der Waals surface area contributed by atoms with Crippen molar-refractivity contribution in [2.75, 3.05) is 0 Å². The summed E-state index contributed by atoms with van der Waals surface area (Å²) >= 11 is 11.8. The van der Waals surface area contributed by atoms with Crippen molar-refractivity contribution >= 4 is 23.2 Å². The molecule has 13 heavy (non-hydrogen) atoms. The highest BCUT2D eigenvalue weighted by Crippen LogP contribution is 2.44. The zero-order valence-electron chi connectivity index (χ0n) is 8.88. The fourth-order valence-electron chi connectivity index (χ4n) is 1.30. The first-order chi connectivity index (χ1) is 5.59. The highest BCUT2D eigenvalue weighted by Gasteiger charge is 2.31. The topological polar surface area (TPSA) is 0 Å². The van der Waals surface area contributed by atoms with Gasteiger partial charge in [0.15, 0.2) is 0 Å². The molecule has 0 fully saturated rings. The van der Waals surface area contributed by atoms with Crippen LogP contribution in [0.4, 0.5) is 0 Å². The molecule has 0 N–H and O–H groups in total. The van der Waals surface area contributed by atoms with Crippen LogP contribution < -0.4 is 0 Å². The van der Waals surface area contributed by atoms with E-state index in [0.717, 1.165) is 6.42 Å². The van der Waals surface area contributed by atoms with Gasteiger partial charge in [0.25, 0.3) is 0 Å². The van der Waals surface area contributed by atoms with Gasteiger partial charge in [-0.2, -0.15) is 0 Å². The van der Waals surface area contributed by atoms with E-state index in [9.17, 15) is 0 Å². The van der Waals surface area contributed by atoms with E-state index in [4.69, 9.17) is 23.2 Å². The van der Waals surface area contributed by atoms with Gasteiger partial charge < -0.3 is 0 Å². The lowest BCUT2D eigenvalue weighted by atomic mass is 9.75. The molecule has 0 aromatic rings. The Balaban J connectivity index is 4.61. The summed E-state index contributed by atoms with van der Waals surface area (Å²) < 4.78 is 0. The van der Waals surface area contributed by atoms with Gasteiger partial charge in [-0.15, -0.1) is 0 Å². The Hall–Kier alpha value is 0.0600. The molecule has 2 heteroatoms. The van der Waals surface area contributed by atoms with Crippen molar-refractivity contribution in [2.45, 2.75) is 34.1 Å². The van der Waals surface area contributed by atoms with Crippen molar-refractivity contribution in [3.05, 3.63) is 23.2 Å². The summed E-state index contributed by atoms with van der Waals surface area (Å²) in [5.74, 6) is 0. The first-order valence-corrected chi connectivity index (χ1v) is 5.05. The Bertz CT molecular complexity index is 200. The SMILES string of the molecule is C=C(Cl)C(C)(C)CC(C)(C)C(=C)Cl. The number of hydrogen-bond donors (Lipinski definition) is 0. The van der Waals surface area contributed by atoms with Gasteiger partial charge in [0, 0.05) is 20.9 Å². The number of rotatable bonds is 4. The van der Waals surface area contributed by atoms with Crippen LogP contribution in [0.15, 0.2) is 23.2 Å². The van der Waals surface area contributed by atoms with E-state index in [1.165, 1.54) is 0 Å². The highest BCUT2D eigenvalue weighted by molar-refractivity contribution is 6.30. The number of halogens is 2. The molecule has 0 nitrogen and oxygen atoms in total. The van der Waals surface area contributed by atoms with Gasteiger partial charge in [-0.25, -0.2) is 0 Å². The van der Waals surface area contributed by atoms with Crippen LogP contribution in [0.2, 0.25) is 0 Å². The van der Waals surface area contributed by atoms with Gasteiger partial charge in [0.05, 0.1) is 0 Å². The highest BCUT2D eigenvalue weighted by atomic mass is 35.5. The predicted molar refractivity (Wildman–Crippen MR) is 62.2 cm³/mol. The van der Waals surface area contributed by atoms with Crippen molar-refractivity contribution in [1.82, 2.24) is 0 Å². The molecule has 0 aliphatic rings. The fourth-order valence-corrected chi connectivity index (χ4v) is 1.43. The quantitative estimate of drug-likeness (QED) is 0.631. The summed E-state index contributed by atoms with van der Waals surface area (Å²) in [5.41, 5.74) is -0.216. The molecule has 0 saturated carbocycles. The molecular weight excluding hydrogens is 203 g/mol. The van der Waals surface area contributed by atoms with Crippen LogP contribution in [0, 0.1) is 10.8 Å². The summed E-state index contributed by atoms with van der Waals surface area (Å²) in [4.78, 5) is 0. The third-order valence-corrected chi connectivity index (χ3v) is 3.38.